The summed E-state index contributed by atoms with van der Waals surface area (Å²) in [6, 6.07) is 0. The molecule has 0 aromatic heterocycles. The number of alkyl halides is 1. The molecule has 25 heavy (non-hydrogen) atoms. The summed E-state index contributed by atoms with van der Waals surface area (Å²) < 4.78 is 1.25. The van der Waals surface area contributed by atoms with E-state index in [1.807, 2.05) is 0 Å². The molecule has 0 aromatic carbocycles. The minimum Gasteiger partial charge on any atom is -0.393 e. The second-order valence-corrected chi connectivity index (χ2v) is 9.68. The number of aliphatic hydroxyl groups is 2. The molecule has 0 aliphatic heterocycles. The first kappa shape index (κ1) is 19.6. The van der Waals surface area contributed by atoms with Gasteiger partial charge in [0.05, 0.1) is 12.2 Å². The van der Waals surface area contributed by atoms with Crippen molar-refractivity contribution in [2.75, 3.05) is 4.43 Å². The number of allylic oxidation sites excluding steroid dienone is 3. The van der Waals surface area contributed by atoms with Crippen molar-refractivity contribution in [1.82, 2.24) is 0 Å². The highest BCUT2D eigenvalue weighted by Gasteiger charge is 2.50. The number of halogens is 1. The molecule has 0 unspecified atom stereocenters. The molecule has 3 fully saturated rings. The quantitative estimate of drug-likeness (QED) is 0.453. The highest BCUT2D eigenvalue weighted by atomic mass is 127. The molecule has 2 nitrogen and oxygen atoms in total. The fourth-order valence-corrected chi connectivity index (χ4v) is 6.40. The predicted molar refractivity (Wildman–Crippen MR) is 113 cm³/mol. The second-order valence-electron chi connectivity index (χ2n) is 8.80. The third kappa shape index (κ3) is 3.79. The Morgan fingerprint density at radius 2 is 2.08 bits per heavy atom. The molecular formula is C22H33IO2. The summed E-state index contributed by atoms with van der Waals surface area (Å²) in [4.78, 5) is 0. The van der Waals surface area contributed by atoms with Gasteiger partial charge in [0.2, 0.25) is 0 Å². The lowest BCUT2D eigenvalue weighted by atomic mass is 9.61. The summed E-state index contributed by atoms with van der Waals surface area (Å²) in [5, 5.41) is 20.0. The number of hydrogen-bond acceptors (Lipinski definition) is 2. The molecule has 0 spiro atoms. The first-order valence-corrected chi connectivity index (χ1v) is 11.4. The van der Waals surface area contributed by atoms with E-state index < -0.39 is 12.2 Å². The zero-order chi connectivity index (χ0) is 18.2. The van der Waals surface area contributed by atoms with Gasteiger partial charge in [-0.25, -0.2) is 0 Å². The second kappa shape index (κ2) is 7.85. The van der Waals surface area contributed by atoms with E-state index in [4.69, 9.17) is 0 Å². The maximum absolute atomic E-state index is 10.0. The highest BCUT2D eigenvalue weighted by molar-refractivity contribution is 14.1. The highest BCUT2D eigenvalue weighted by Crippen LogP contribution is 2.59. The first-order chi connectivity index (χ1) is 11.9. The summed E-state index contributed by atoms with van der Waals surface area (Å²) >= 11 is 2.55. The molecule has 0 heterocycles. The summed E-state index contributed by atoms with van der Waals surface area (Å²) in [6.07, 6.45) is 11.0. The number of rotatable bonds is 3. The van der Waals surface area contributed by atoms with Gasteiger partial charge >= 0.3 is 0 Å². The smallest absolute Gasteiger partial charge is 0.0811 e. The number of aliphatic hydroxyl groups excluding tert-OH is 2. The Hall–Kier alpha value is -0.130. The fraction of sp³-hybridized carbons (Fsp3) is 0.727. The summed E-state index contributed by atoms with van der Waals surface area (Å²) in [5.74, 6) is 2.36. The van der Waals surface area contributed by atoms with Crippen LogP contribution >= 0.6 is 22.6 Å². The van der Waals surface area contributed by atoms with E-state index in [1.54, 1.807) is 5.57 Å². The first-order valence-electron chi connectivity index (χ1n) is 9.87. The Morgan fingerprint density at radius 1 is 1.32 bits per heavy atom. The van der Waals surface area contributed by atoms with Crippen molar-refractivity contribution in [3.8, 4) is 0 Å². The van der Waals surface area contributed by atoms with E-state index >= 15 is 0 Å². The Kier molecular flexibility index (Phi) is 6.17. The average molecular weight is 456 g/mol. The van der Waals surface area contributed by atoms with Gasteiger partial charge in [-0.15, -0.1) is 0 Å². The van der Waals surface area contributed by atoms with E-state index in [-0.39, 0.29) is 0 Å². The van der Waals surface area contributed by atoms with Crippen molar-refractivity contribution in [2.45, 2.75) is 71.0 Å². The standard InChI is InChI=1S/C22H33IO2/c1-14(13-23)19-8-9-20-16(5-4-10-22(19,20)3)6-7-17-11-18(24)12-21(25)15(17)2/h6-7,14,18-21,24-25H,2,4-5,8-13H2,1,3H3/b16-6+,17-7-/t14-,18-,19-,20+,21+,22-/m1/s1. The van der Waals surface area contributed by atoms with E-state index in [0.717, 1.165) is 23.0 Å². The van der Waals surface area contributed by atoms with Crippen LogP contribution < -0.4 is 0 Å². The predicted octanol–water partition coefficient (Wildman–Crippen LogP) is 5.20. The molecular weight excluding hydrogens is 423 g/mol. The molecule has 3 aliphatic carbocycles. The van der Waals surface area contributed by atoms with Crippen LogP contribution in [0.2, 0.25) is 0 Å². The molecule has 3 aliphatic rings. The van der Waals surface area contributed by atoms with Crippen LogP contribution in [0.5, 0.6) is 0 Å². The fourth-order valence-electron chi connectivity index (χ4n) is 5.79. The van der Waals surface area contributed by atoms with Crippen LogP contribution in [0.25, 0.3) is 0 Å². The Labute approximate surface area is 166 Å². The number of fused-ring (bicyclic) bond motifs is 1. The molecule has 140 valence electrons. The van der Waals surface area contributed by atoms with Gasteiger partial charge in [-0.2, -0.15) is 0 Å². The summed E-state index contributed by atoms with van der Waals surface area (Å²) in [6.45, 7) is 9.00. The third-order valence-corrected chi connectivity index (χ3v) is 8.62. The monoisotopic (exact) mass is 456 g/mol. The Balaban J connectivity index is 1.82. The van der Waals surface area contributed by atoms with Crippen molar-refractivity contribution in [3.63, 3.8) is 0 Å². The van der Waals surface area contributed by atoms with Gasteiger partial charge < -0.3 is 10.2 Å². The van der Waals surface area contributed by atoms with Gasteiger partial charge in [0.1, 0.15) is 0 Å². The minimum absolute atomic E-state index is 0.420. The normalized spacial score (nSPS) is 43.5. The SMILES string of the molecule is C=C1/C(=C\C=C2/CCC[C@]3(C)[C@@H]([C@H](C)CI)CC[C@@H]23)C[C@@H](O)C[C@@H]1O. The van der Waals surface area contributed by atoms with Gasteiger partial charge in [0.15, 0.2) is 0 Å². The van der Waals surface area contributed by atoms with Crippen LogP contribution in [0, 0.1) is 23.2 Å². The van der Waals surface area contributed by atoms with E-state index in [2.05, 4.69) is 55.2 Å². The molecule has 3 heteroatoms. The average Bonchev–Trinajstić information content (AvgIpc) is 2.93. The minimum atomic E-state index is -0.592. The van der Waals surface area contributed by atoms with Crippen molar-refractivity contribution in [3.05, 3.63) is 35.5 Å². The maximum atomic E-state index is 10.0. The van der Waals surface area contributed by atoms with Crippen molar-refractivity contribution in [2.24, 2.45) is 23.2 Å². The van der Waals surface area contributed by atoms with Crippen molar-refractivity contribution >= 4 is 22.6 Å². The molecule has 3 rings (SSSR count). The lowest BCUT2D eigenvalue weighted by Gasteiger charge is -2.44. The van der Waals surface area contributed by atoms with Gasteiger partial charge in [-0.1, -0.05) is 60.7 Å². The summed E-state index contributed by atoms with van der Waals surface area (Å²) in [5.41, 5.74) is 3.87. The molecule has 0 saturated heterocycles. The van der Waals surface area contributed by atoms with Crippen LogP contribution in [0.15, 0.2) is 35.5 Å². The van der Waals surface area contributed by atoms with Gasteiger partial charge in [-0.3, -0.25) is 0 Å². The van der Waals surface area contributed by atoms with E-state index in [0.29, 0.717) is 24.2 Å². The topological polar surface area (TPSA) is 40.5 Å². The zero-order valence-electron chi connectivity index (χ0n) is 15.7. The van der Waals surface area contributed by atoms with Crippen LogP contribution in [0.4, 0.5) is 0 Å². The zero-order valence-corrected chi connectivity index (χ0v) is 17.8. The Bertz CT molecular complexity index is 579. The molecule has 3 saturated carbocycles. The molecule has 2 N–H and O–H groups in total. The third-order valence-electron chi connectivity index (χ3n) is 7.23. The molecule has 0 bridgehead atoms. The van der Waals surface area contributed by atoms with Gasteiger partial charge in [-0.05, 0) is 72.8 Å². The van der Waals surface area contributed by atoms with Crippen LogP contribution in [0.1, 0.15) is 58.8 Å². The Morgan fingerprint density at radius 3 is 2.80 bits per heavy atom. The largest absolute Gasteiger partial charge is 0.393 e. The summed E-state index contributed by atoms with van der Waals surface area (Å²) in [7, 11) is 0. The van der Waals surface area contributed by atoms with Gasteiger partial charge in [0.25, 0.3) is 0 Å². The van der Waals surface area contributed by atoms with Crippen LogP contribution in [-0.4, -0.2) is 26.8 Å². The molecule has 6 atom stereocenters. The lowest BCUT2D eigenvalue weighted by molar-refractivity contribution is 0.0862. The van der Waals surface area contributed by atoms with E-state index in [9.17, 15) is 10.2 Å². The van der Waals surface area contributed by atoms with Crippen molar-refractivity contribution < 1.29 is 10.2 Å². The van der Waals surface area contributed by atoms with Crippen LogP contribution in [0.3, 0.4) is 0 Å². The maximum Gasteiger partial charge on any atom is 0.0811 e. The van der Waals surface area contributed by atoms with Gasteiger partial charge in [0, 0.05) is 10.8 Å². The molecule has 0 amide bonds. The van der Waals surface area contributed by atoms with Crippen LogP contribution in [-0.2, 0) is 0 Å². The lowest BCUT2D eigenvalue weighted by Crippen LogP contribution is -2.36. The van der Waals surface area contributed by atoms with E-state index in [1.165, 1.54) is 36.5 Å². The molecule has 0 radical (unpaired) electrons. The molecule has 0 aromatic rings. The van der Waals surface area contributed by atoms with Crippen molar-refractivity contribution in [1.29, 1.82) is 0 Å². The number of hydrogen-bond donors (Lipinski definition) is 2.